The van der Waals surface area contributed by atoms with Crippen LogP contribution >= 0.6 is 0 Å². The lowest BCUT2D eigenvalue weighted by molar-refractivity contribution is -0.136. The largest absolute Gasteiger partial charge is 0.394 e. The topological polar surface area (TPSA) is 118 Å². The molecule has 72 valence electrons. The Hall–Kier alpha value is -0.530. The van der Waals surface area contributed by atoms with Crippen molar-refractivity contribution in [1.82, 2.24) is 0 Å². The van der Waals surface area contributed by atoms with Crippen LogP contribution in [0, 0.1) is 0 Å². The molecule has 0 aliphatic heterocycles. The van der Waals surface area contributed by atoms with Crippen LogP contribution < -0.4 is 0 Å². The van der Waals surface area contributed by atoms with Gasteiger partial charge in [-0.1, -0.05) is 0 Å². The van der Waals surface area contributed by atoms with Gasteiger partial charge in [0, 0.05) is 0 Å². The minimum atomic E-state index is -2.70. The molecular formula is C6H12O6. The van der Waals surface area contributed by atoms with E-state index < -0.39 is 31.0 Å². The number of aldehydes is 1. The van der Waals surface area contributed by atoms with Gasteiger partial charge < -0.3 is 30.3 Å². The van der Waals surface area contributed by atoms with E-state index in [9.17, 15) is 4.79 Å². The Kier molecular flexibility index (Phi) is 4.12. The molecule has 0 heterocycles. The predicted molar refractivity (Wildman–Crippen MR) is 37.2 cm³/mol. The Morgan fingerprint density at radius 3 is 2.08 bits per heavy atom. The average Bonchev–Trinajstić information content (AvgIpc) is 2.14. The van der Waals surface area contributed by atoms with Crippen molar-refractivity contribution in [3.8, 4) is 0 Å². The number of hydrogen-bond donors (Lipinski definition) is 5. The first kappa shape index (κ1) is 9.56. The molecule has 0 aromatic heterocycles. The Labute approximate surface area is 70.1 Å². The van der Waals surface area contributed by atoms with Gasteiger partial charge in [0.2, 0.25) is 0 Å². The number of carbonyl (C=O) groups is 1. The molecule has 0 fully saturated rings. The van der Waals surface area contributed by atoms with Crippen molar-refractivity contribution < 1.29 is 31.7 Å². The highest BCUT2D eigenvalue weighted by Gasteiger charge is 2.29. The van der Waals surface area contributed by atoms with Crippen molar-refractivity contribution in [2.24, 2.45) is 0 Å². The summed E-state index contributed by atoms with van der Waals surface area (Å²) in [4.78, 5) is 9.94. The van der Waals surface area contributed by atoms with Gasteiger partial charge >= 0.3 is 0 Å². The quantitative estimate of drug-likeness (QED) is 0.283. The molecule has 0 bridgehead atoms. The summed E-state index contributed by atoms with van der Waals surface area (Å²) in [7, 11) is 0. The monoisotopic (exact) mass is 182 g/mol. The van der Waals surface area contributed by atoms with E-state index >= 15 is 0 Å². The third-order valence-electron chi connectivity index (χ3n) is 1.32. The van der Waals surface area contributed by atoms with Crippen LogP contribution in [-0.4, -0.2) is 62.8 Å². The molecule has 6 heteroatoms. The van der Waals surface area contributed by atoms with Gasteiger partial charge in [0.15, 0.2) is 6.29 Å². The summed E-state index contributed by atoms with van der Waals surface area (Å²) in [5.41, 5.74) is 0. The van der Waals surface area contributed by atoms with Gasteiger partial charge in [0.1, 0.15) is 24.4 Å². The number of aliphatic hydroxyl groups is 5. The first-order chi connectivity index (χ1) is 5.86. The van der Waals surface area contributed by atoms with Crippen molar-refractivity contribution in [2.75, 3.05) is 6.61 Å². The van der Waals surface area contributed by atoms with Gasteiger partial charge in [-0.15, -0.1) is 0 Å². The van der Waals surface area contributed by atoms with Crippen molar-refractivity contribution in [2.45, 2.75) is 24.4 Å². The molecular weight excluding hydrogens is 168 g/mol. The lowest BCUT2D eigenvalue weighted by Gasteiger charge is -2.22. The molecule has 0 amide bonds. The van der Waals surface area contributed by atoms with Crippen LogP contribution in [0.3, 0.4) is 0 Å². The minimum Gasteiger partial charge on any atom is -0.394 e. The van der Waals surface area contributed by atoms with E-state index in [1.165, 1.54) is 0 Å². The summed E-state index contributed by atoms with van der Waals surface area (Å²) in [5.74, 6) is 0. The number of rotatable bonds is 5. The molecule has 0 unspecified atom stereocenters. The lowest BCUT2D eigenvalue weighted by Crippen LogP contribution is -2.46. The summed E-state index contributed by atoms with van der Waals surface area (Å²) in [5, 5.41) is 43.9. The second-order valence-electron chi connectivity index (χ2n) is 2.21. The Morgan fingerprint density at radius 1 is 1.25 bits per heavy atom. The highest BCUT2D eigenvalue weighted by Crippen LogP contribution is 2.02. The maximum atomic E-state index is 9.94. The zero-order valence-corrected chi connectivity index (χ0v) is 6.16. The van der Waals surface area contributed by atoms with Crippen LogP contribution in [0.2, 0.25) is 0 Å². The predicted octanol–water partition coefficient (Wildman–Crippen LogP) is -3.38. The smallest absolute Gasteiger partial charge is 0.151 e. The molecule has 0 aromatic carbocycles. The summed E-state index contributed by atoms with van der Waals surface area (Å²) in [6.45, 7) is -1.13. The summed E-state index contributed by atoms with van der Waals surface area (Å²) < 4.78 is 6.85. The molecule has 0 spiro atoms. The van der Waals surface area contributed by atoms with E-state index in [0.717, 1.165) is 0 Å². The fourth-order valence-electron chi connectivity index (χ4n) is 0.558. The summed E-state index contributed by atoms with van der Waals surface area (Å²) in [6.07, 6.45) is -8.80. The third kappa shape index (κ3) is 2.84. The Morgan fingerprint density at radius 2 is 1.75 bits per heavy atom. The van der Waals surface area contributed by atoms with Gasteiger partial charge in [-0.05, 0) is 0 Å². The van der Waals surface area contributed by atoms with Gasteiger partial charge in [-0.3, -0.25) is 0 Å². The van der Waals surface area contributed by atoms with Crippen molar-refractivity contribution >= 4 is 6.29 Å². The molecule has 0 aromatic rings. The van der Waals surface area contributed by atoms with Gasteiger partial charge in [-0.2, -0.15) is 0 Å². The normalized spacial score (nSPS) is 24.9. The van der Waals surface area contributed by atoms with Crippen LogP contribution in [0.1, 0.15) is 1.37 Å². The van der Waals surface area contributed by atoms with E-state index in [0.29, 0.717) is 0 Å². The van der Waals surface area contributed by atoms with E-state index in [4.69, 9.17) is 26.9 Å². The zero-order chi connectivity index (χ0) is 10.6. The number of aliphatic hydroxyl groups excluding tert-OH is 4. The molecule has 4 atom stereocenters. The van der Waals surface area contributed by atoms with E-state index in [-0.39, 0.29) is 6.29 Å². The highest BCUT2D eigenvalue weighted by molar-refractivity contribution is 5.56. The minimum absolute atomic E-state index is 0.0542. The zero-order valence-electron chi connectivity index (χ0n) is 7.16. The van der Waals surface area contributed by atoms with Gasteiger partial charge in [0.25, 0.3) is 0 Å². The van der Waals surface area contributed by atoms with E-state index in [1.807, 2.05) is 0 Å². The van der Waals surface area contributed by atoms with Crippen molar-refractivity contribution in [3.63, 3.8) is 0 Å². The molecule has 0 rings (SSSR count). The van der Waals surface area contributed by atoms with Crippen LogP contribution in [0.4, 0.5) is 0 Å². The third-order valence-corrected chi connectivity index (χ3v) is 1.32. The Bertz CT molecular complexity index is 173. The van der Waals surface area contributed by atoms with E-state index in [2.05, 4.69) is 0 Å². The first-order valence-electron chi connectivity index (χ1n) is 3.69. The maximum Gasteiger partial charge on any atom is 0.151 e. The van der Waals surface area contributed by atoms with Gasteiger partial charge in [-0.25, -0.2) is 0 Å². The van der Waals surface area contributed by atoms with Crippen LogP contribution in [-0.2, 0) is 4.79 Å². The van der Waals surface area contributed by atoms with Crippen molar-refractivity contribution in [1.29, 1.82) is 0 Å². The second kappa shape index (κ2) is 5.18. The summed E-state index contributed by atoms with van der Waals surface area (Å²) >= 11 is 0. The lowest BCUT2D eigenvalue weighted by atomic mass is 10.0. The first-order valence-corrected chi connectivity index (χ1v) is 3.19. The highest BCUT2D eigenvalue weighted by atomic mass is 16.4. The average molecular weight is 182 g/mol. The van der Waals surface area contributed by atoms with Crippen LogP contribution in [0.5, 0.6) is 0 Å². The molecule has 0 aliphatic carbocycles. The molecule has 0 saturated carbocycles. The molecule has 6 nitrogen and oxygen atoms in total. The standard InChI is InChI=1S/C6H12O6/c7-1-3(9)5(11)6(12)4(10)2-8/h1,3-6,8-12H,2H2/t3-,4+,5+,6+/m0/s1/i4T. The second-order valence-corrected chi connectivity index (χ2v) is 2.21. The van der Waals surface area contributed by atoms with Crippen molar-refractivity contribution in [3.05, 3.63) is 0 Å². The number of hydrogen-bond acceptors (Lipinski definition) is 6. The molecule has 5 N–H and O–H groups in total. The fraction of sp³-hybridized carbons (Fsp3) is 0.833. The molecule has 0 radical (unpaired) electrons. The van der Waals surface area contributed by atoms with E-state index in [1.54, 1.807) is 0 Å². The SMILES string of the molecule is [3H][C@@](O)(CO)[C@@H](O)[C@H](O)[C@@H](O)C=O. The van der Waals surface area contributed by atoms with Gasteiger partial charge in [0.05, 0.1) is 7.98 Å². The summed E-state index contributed by atoms with van der Waals surface area (Å²) in [6, 6.07) is 0. The molecule has 0 saturated heterocycles. The van der Waals surface area contributed by atoms with Crippen LogP contribution in [0.25, 0.3) is 0 Å². The fourth-order valence-corrected chi connectivity index (χ4v) is 0.558. The Balaban J connectivity index is 4.40. The number of carbonyl (C=O) groups excluding carboxylic acids is 1. The van der Waals surface area contributed by atoms with Crippen LogP contribution in [0.15, 0.2) is 0 Å². The molecule has 12 heavy (non-hydrogen) atoms. The maximum absolute atomic E-state index is 9.94. The molecule has 0 aliphatic rings.